The van der Waals surface area contributed by atoms with E-state index in [1.807, 2.05) is 0 Å². The highest BCUT2D eigenvalue weighted by Gasteiger charge is 2.32. The van der Waals surface area contributed by atoms with Gasteiger partial charge in [-0.15, -0.1) is 13.2 Å². The van der Waals surface area contributed by atoms with E-state index in [0.717, 1.165) is 12.1 Å². The minimum atomic E-state index is -4.94. The summed E-state index contributed by atoms with van der Waals surface area (Å²) in [7, 11) is 0. The van der Waals surface area contributed by atoms with E-state index < -0.39 is 30.3 Å². The second kappa shape index (κ2) is 4.38. The molecule has 1 N–H and O–H groups in total. The van der Waals surface area contributed by atoms with Gasteiger partial charge in [-0.2, -0.15) is 0 Å². The van der Waals surface area contributed by atoms with Crippen LogP contribution in [0.1, 0.15) is 5.56 Å². The third kappa shape index (κ3) is 3.76. The number of benzene rings is 1. The van der Waals surface area contributed by atoms with Crippen molar-refractivity contribution in [2.75, 3.05) is 0 Å². The van der Waals surface area contributed by atoms with Gasteiger partial charge in [0, 0.05) is 5.56 Å². The van der Waals surface area contributed by atoms with Gasteiger partial charge in [0.25, 0.3) is 0 Å². The predicted molar refractivity (Wildman–Crippen MR) is 44.4 cm³/mol. The molecule has 3 nitrogen and oxygen atoms in total. The van der Waals surface area contributed by atoms with Crippen LogP contribution in [0.5, 0.6) is 5.75 Å². The molecule has 1 rings (SSSR count). The zero-order valence-corrected chi connectivity index (χ0v) is 7.71. The number of ether oxygens (including phenoxy) is 1. The van der Waals surface area contributed by atoms with Gasteiger partial charge < -0.3 is 9.84 Å². The van der Waals surface area contributed by atoms with Crippen LogP contribution in [0.15, 0.2) is 18.2 Å². The van der Waals surface area contributed by atoms with Crippen molar-refractivity contribution in [3.63, 3.8) is 0 Å². The number of hydrogen-bond donors (Lipinski definition) is 1. The number of carboxylic acid groups (broad SMARTS) is 1. The number of carbonyl (C=O) groups is 1. The van der Waals surface area contributed by atoms with Gasteiger partial charge in [-0.3, -0.25) is 4.79 Å². The molecule has 0 saturated carbocycles. The molecular formula is C9H6F4O3. The Morgan fingerprint density at radius 3 is 2.50 bits per heavy atom. The Bertz CT molecular complexity index is 400. The number of halogens is 4. The first-order chi connectivity index (χ1) is 7.28. The summed E-state index contributed by atoms with van der Waals surface area (Å²) in [6, 6.07) is 2.18. The molecule has 0 aliphatic carbocycles. The van der Waals surface area contributed by atoms with E-state index in [2.05, 4.69) is 4.74 Å². The highest BCUT2D eigenvalue weighted by Crippen LogP contribution is 2.27. The quantitative estimate of drug-likeness (QED) is 0.822. The molecule has 1 aromatic rings. The van der Waals surface area contributed by atoms with Gasteiger partial charge >= 0.3 is 12.3 Å². The van der Waals surface area contributed by atoms with E-state index in [-0.39, 0.29) is 5.56 Å². The molecule has 1 aromatic carbocycles. The van der Waals surface area contributed by atoms with E-state index in [1.54, 1.807) is 0 Å². The molecule has 0 bridgehead atoms. The summed E-state index contributed by atoms with van der Waals surface area (Å²) in [6.45, 7) is 0. The van der Waals surface area contributed by atoms with Gasteiger partial charge in [0.05, 0.1) is 6.42 Å². The maximum absolute atomic E-state index is 12.7. The fraction of sp³-hybridized carbons (Fsp3) is 0.222. The maximum atomic E-state index is 12.7. The fourth-order valence-electron chi connectivity index (χ4n) is 1.07. The molecule has 0 aromatic heterocycles. The van der Waals surface area contributed by atoms with Crippen LogP contribution >= 0.6 is 0 Å². The second-order valence-electron chi connectivity index (χ2n) is 2.87. The van der Waals surface area contributed by atoms with Crippen LogP contribution in [0.25, 0.3) is 0 Å². The van der Waals surface area contributed by atoms with E-state index in [9.17, 15) is 22.4 Å². The van der Waals surface area contributed by atoms with Crippen LogP contribution in [0.4, 0.5) is 17.6 Å². The molecule has 0 heterocycles. The van der Waals surface area contributed by atoms with E-state index in [0.29, 0.717) is 6.07 Å². The Morgan fingerprint density at radius 1 is 1.38 bits per heavy atom. The first-order valence-electron chi connectivity index (χ1n) is 4.04. The van der Waals surface area contributed by atoms with Crippen molar-refractivity contribution in [3.05, 3.63) is 29.6 Å². The van der Waals surface area contributed by atoms with Crippen molar-refractivity contribution in [3.8, 4) is 5.75 Å². The van der Waals surface area contributed by atoms with Crippen molar-refractivity contribution in [2.24, 2.45) is 0 Å². The molecule has 0 atom stereocenters. The standard InChI is InChI=1S/C9H6F4O3/c10-6-1-2-7(16-9(11,12)13)5(3-6)4-8(14)15/h1-3H,4H2,(H,14,15). The summed E-state index contributed by atoms with van der Waals surface area (Å²) in [5, 5.41) is 8.42. The molecule has 0 saturated heterocycles. The number of carboxylic acids is 1. The summed E-state index contributed by atoms with van der Waals surface area (Å²) in [5.74, 6) is -2.92. The van der Waals surface area contributed by atoms with Gasteiger partial charge in [-0.05, 0) is 18.2 Å². The molecule has 0 radical (unpaired) electrons. The summed E-state index contributed by atoms with van der Waals surface area (Å²) in [5.41, 5.74) is -0.371. The summed E-state index contributed by atoms with van der Waals surface area (Å²) >= 11 is 0. The highest BCUT2D eigenvalue weighted by atomic mass is 19.4. The largest absolute Gasteiger partial charge is 0.573 e. The minimum Gasteiger partial charge on any atom is -0.481 e. The van der Waals surface area contributed by atoms with E-state index in [1.165, 1.54) is 0 Å². The topological polar surface area (TPSA) is 46.5 Å². The monoisotopic (exact) mass is 238 g/mol. The molecule has 0 aliphatic heterocycles. The van der Waals surface area contributed by atoms with Crippen LogP contribution in [0.3, 0.4) is 0 Å². The van der Waals surface area contributed by atoms with Crippen molar-refractivity contribution >= 4 is 5.97 Å². The molecule has 0 unspecified atom stereocenters. The smallest absolute Gasteiger partial charge is 0.481 e. The summed E-state index contributed by atoms with van der Waals surface area (Å²) < 4.78 is 51.9. The minimum absolute atomic E-state index is 0.371. The molecule has 88 valence electrons. The van der Waals surface area contributed by atoms with E-state index >= 15 is 0 Å². The lowest BCUT2D eigenvalue weighted by molar-refractivity contribution is -0.275. The molecule has 0 amide bonds. The zero-order valence-electron chi connectivity index (χ0n) is 7.71. The molecule has 7 heteroatoms. The lowest BCUT2D eigenvalue weighted by Gasteiger charge is -2.12. The highest BCUT2D eigenvalue weighted by molar-refractivity contribution is 5.71. The Labute approximate surface area is 87.3 Å². The van der Waals surface area contributed by atoms with Gasteiger partial charge in [0.2, 0.25) is 0 Å². The number of hydrogen-bond acceptors (Lipinski definition) is 2. The molecule has 0 fully saturated rings. The van der Waals surface area contributed by atoms with Crippen LogP contribution in [-0.4, -0.2) is 17.4 Å². The first kappa shape index (κ1) is 12.3. The van der Waals surface area contributed by atoms with Gasteiger partial charge in [0.1, 0.15) is 11.6 Å². The normalized spacial score (nSPS) is 11.2. The van der Waals surface area contributed by atoms with Crippen LogP contribution < -0.4 is 4.74 Å². The zero-order chi connectivity index (χ0) is 12.3. The van der Waals surface area contributed by atoms with Crippen LogP contribution in [0, 0.1) is 5.82 Å². The molecule has 0 aliphatic rings. The van der Waals surface area contributed by atoms with Crippen molar-refractivity contribution in [1.29, 1.82) is 0 Å². The second-order valence-corrected chi connectivity index (χ2v) is 2.87. The molecule has 16 heavy (non-hydrogen) atoms. The maximum Gasteiger partial charge on any atom is 0.573 e. The Balaban J connectivity index is 3.02. The molecular weight excluding hydrogens is 232 g/mol. The Morgan fingerprint density at radius 2 is 2.00 bits per heavy atom. The third-order valence-corrected chi connectivity index (χ3v) is 1.59. The van der Waals surface area contributed by atoms with Gasteiger partial charge in [-0.1, -0.05) is 0 Å². The predicted octanol–water partition coefficient (Wildman–Crippen LogP) is 2.35. The fourth-order valence-corrected chi connectivity index (χ4v) is 1.07. The number of aliphatic carboxylic acids is 1. The lowest BCUT2D eigenvalue weighted by Crippen LogP contribution is -2.18. The molecule has 0 spiro atoms. The van der Waals surface area contributed by atoms with Gasteiger partial charge in [-0.25, -0.2) is 4.39 Å². The lowest BCUT2D eigenvalue weighted by atomic mass is 10.1. The third-order valence-electron chi connectivity index (χ3n) is 1.59. The van der Waals surface area contributed by atoms with Crippen molar-refractivity contribution in [2.45, 2.75) is 12.8 Å². The first-order valence-corrected chi connectivity index (χ1v) is 4.04. The van der Waals surface area contributed by atoms with Gasteiger partial charge in [0.15, 0.2) is 0 Å². The van der Waals surface area contributed by atoms with Crippen molar-refractivity contribution < 1.29 is 32.2 Å². The van der Waals surface area contributed by atoms with E-state index in [4.69, 9.17) is 5.11 Å². The number of alkyl halides is 3. The SMILES string of the molecule is O=C(O)Cc1cc(F)ccc1OC(F)(F)F. The van der Waals surface area contributed by atoms with Crippen LogP contribution in [0.2, 0.25) is 0 Å². The summed E-state index contributed by atoms with van der Waals surface area (Å²) in [4.78, 5) is 10.3. The van der Waals surface area contributed by atoms with Crippen LogP contribution in [-0.2, 0) is 11.2 Å². The van der Waals surface area contributed by atoms with Crippen molar-refractivity contribution in [1.82, 2.24) is 0 Å². The Kier molecular flexibility index (Phi) is 3.36. The summed E-state index contributed by atoms with van der Waals surface area (Å²) in [6.07, 6.45) is -5.69. The number of rotatable bonds is 3. The Hall–Kier alpha value is -1.79. The average molecular weight is 238 g/mol. The average Bonchev–Trinajstić information content (AvgIpc) is 2.06.